The van der Waals surface area contributed by atoms with Crippen LogP contribution in [0.2, 0.25) is 0 Å². The molecule has 0 aromatic carbocycles. The topological polar surface area (TPSA) is 60.1 Å². The van der Waals surface area contributed by atoms with E-state index in [1.807, 2.05) is 24.1 Å². The highest BCUT2D eigenvalue weighted by atomic mass is 16.3. The average molecular weight is 231 g/mol. The average Bonchev–Trinajstić information content (AvgIpc) is 2.76. The molecule has 17 heavy (non-hydrogen) atoms. The van der Waals surface area contributed by atoms with Crippen LogP contribution in [0.3, 0.4) is 0 Å². The molecule has 1 aromatic rings. The fraction of sp³-hybridized carbons (Fsp3) is 0.538. The lowest BCUT2D eigenvalue weighted by Gasteiger charge is -2.30. The maximum Gasteiger partial charge on any atom is 0.142 e. The standard InChI is InChI=1S/C13H17N3O/c1-16(10-13(17)5-2-3-6-13)12-4-7-15-11(8-12)9-14/h4,7-8,17H,2-3,5-6,10H2,1H3. The van der Waals surface area contributed by atoms with Crippen molar-refractivity contribution in [1.82, 2.24) is 4.98 Å². The molecule has 1 heterocycles. The highest BCUT2D eigenvalue weighted by molar-refractivity contribution is 5.48. The number of nitriles is 1. The molecule has 90 valence electrons. The van der Waals surface area contributed by atoms with E-state index in [-0.39, 0.29) is 0 Å². The summed E-state index contributed by atoms with van der Waals surface area (Å²) in [6.45, 7) is 0.613. The van der Waals surface area contributed by atoms with Crippen molar-refractivity contribution in [1.29, 1.82) is 5.26 Å². The lowest BCUT2D eigenvalue weighted by atomic mass is 10.0. The van der Waals surface area contributed by atoms with Gasteiger partial charge in [0.05, 0.1) is 5.60 Å². The second-order valence-corrected chi connectivity index (χ2v) is 4.80. The molecule has 4 heteroatoms. The highest BCUT2D eigenvalue weighted by Crippen LogP contribution is 2.31. The predicted molar refractivity (Wildman–Crippen MR) is 65.6 cm³/mol. The van der Waals surface area contributed by atoms with Crippen LogP contribution >= 0.6 is 0 Å². The van der Waals surface area contributed by atoms with E-state index in [0.29, 0.717) is 12.2 Å². The number of anilines is 1. The molecule has 1 aliphatic rings. The van der Waals surface area contributed by atoms with Gasteiger partial charge in [-0.3, -0.25) is 0 Å². The van der Waals surface area contributed by atoms with Gasteiger partial charge in [0, 0.05) is 25.5 Å². The normalized spacial score (nSPS) is 17.7. The summed E-state index contributed by atoms with van der Waals surface area (Å²) in [5.74, 6) is 0. The van der Waals surface area contributed by atoms with Crippen molar-refractivity contribution < 1.29 is 5.11 Å². The zero-order valence-electron chi connectivity index (χ0n) is 10.1. The van der Waals surface area contributed by atoms with Gasteiger partial charge in [0.15, 0.2) is 0 Å². The Balaban J connectivity index is 2.09. The first-order chi connectivity index (χ1) is 8.13. The summed E-state index contributed by atoms with van der Waals surface area (Å²) in [6.07, 6.45) is 5.57. The van der Waals surface area contributed by atoms with Gasteiger partial charge < -0.3 is 10.0 Å². The third kappa shape index (κ3) is 2.75. The molecule has 1 aromatic heterocycles. The van der Waals surface area contributed by atoms with Gasteiger partial charge in [0.2, 0.25) is 0 Å². The molecule has 0 amide bonds. The number of hydrogen-bond donors (Lipinski definition) is 1. The van der Waals surface area contributed by atoms with Crippen molar-refractivity contribution in [3.8, 4) is 6.07 Å². The second kappa shape index (κ2) is 4.72. The smallest absolute Gasteiger partial charge is 0.142 e. The van der Waals surface area contributed by atoms with Crippen LogP contribution in [0.25, 0.3) is 0 Å². The summed E-state index contributed by atoms with van der Waals surface area (Å²) in [7, 11) is 1.94. The van der Waals surface area contributed by atoms with Crippen molar-refractivity contribution in [2.45, 2.75) is 31.3 Å². The van der Waals surface area contributed by atoms with Crippen LogP contribution in [0.4, 0.5) is 5.69 Å². The van der Waals surface area contributed by atoms with Crippen LogP contribution in [0.5, 0.6) is 0 Å². The molecule has 2 rings (SSSR count). The second-order valence-electron chi connectivity index (χ2n) is 4.80. The van der Waals surface area contributed by atoms with E-state index in [0.717, 1.165) is 31.4 Å². The monoisotopic (exact) mass is 231 g/mol. The molecular formula is C13H17N3O. The summed E-state index contributed by atoms with van der Waals surface area (Å²) in [6, 6.07) is 5.63. The van der Waals surface area contributed by atoms with Gasteiger partial charge in [-0.25, -0.2) is 4.98 Å². The molecule has 1 aliphatic carbocycles. The van der Waals surface area contributed by atoms with Gasteiger partial charge in [-0.05, 0) is 25.0 Å². The predicted octanol–water partition coefficient (Wildman–Crippen LogP) is 1.69. The van der Waals surface area contributed by atoms with E-state index in [4.69, 9.17) is 5.26 Å². The summed E-state index contributed by atoms with van der Waals surface area (Å²) >= 11 is 0. The molecule has 0 unspecified atom stereocenters. The van der Waals surface area contributed by atoms with Crippen LogP contribution in [-0.2, 0) is 0 Å². The van der Waals surface area contributed by atoms with Gasteiger partial charge >= 0.3 is 0 Å². The third-order valence-corrected chi connectivity index (χ3v) is 3.36. The molecule has 0 radical (unpaired) electrons. The Bertz CT molecular complexity index is 433. The molecule has 1 N–H and O–H groups in total. The van der Waals surface area contributed by atoms with Gasteiger partial charge in [-0.1, -0.05) is 12.8 Å². The molecule has 0 saturated heterocycles. The number of rotatable bonds is 3. The number of aromatic nitrogens is 1. The number of likely N-dealkylation sites (N-methyl/N-ethyl adjacent to an activating group) is 1. The first-order valence-corrected chi connectivity index (χ1v) is 5.93. The molecule has 4 nitrogen and oxygen atoms in total. The molecule has 0 aliphatic heterocycles. The fourth-order valence-corrected chi connectivity index (χ4v) is 2.44. The molecule has 1 saturated carbocycles. The number of nitrogens with zero attached hydrogens (tertiary/aromatic N) is 3. The van der Waals surface area contributed by atoms with Crippen LogP contribution in [0.15, 0.2) is 18.3 Å². The minimum Gasteiger partial charge on any atom is -0.388 e. The molecule has 0 atom stereocenters. The minimum absolute atomic E-state index is 0.410. The Kier molecular flexibility index (Phi) is 3.30. The van der Waals surface area contributed by atoms with E-state index in [1.54, 1.807) is 12.3 Å². The Labute approximate surface area is 102 Å². The molecule has 1 fully saturated rings. The van der Waals surface area contributed by atoms with E-state index in [2.05, 4.69) is 4.98 Å². The van der Waals surface area contributed by atoms with Crippen molar-refractivity contribution in [3.05, 3.63) is 24.0 Å². The summed E-state index contributed by atoms with van der Waals surface area (Å²) in [4.78, 5) is 5.93. The number of pyridine rings is 1. The Morgan fingerprint density at radius 2 is 2.24 bits per heavy atom. The van der Waals surface area contributed by atoms with Crippen molar-refractivity contribution >= 4 is 5.69 Å². The highest BCUT2D eigenvalue weighted by Gasteiger charge is 2.32. The number of hydrogen-bond acceptors (Lipinski definition) is 4. The summed E-state index contributed by atoms with van der Waals surface area (Å²) < 4.78 is 0. The first kappa shape index (κ1) is 11.9. The zero-order valence-corrected chi connectivity index (χ0v) is 10.1. The quantitative estimate of drug-likeness (QED) is 0.860. The SMILES string of the molecule is CN(CC1(O)CCCC1)c1ccnc(C#N)c1. The Morgan fingerprint density at radius 1 is 1.53 bits per heavy atom. The lowest BCUT2D eigenvalue weighted by Crippen LogP contribution is -2.39. The van der Waals surface area contributed by atoms with Crippen molar-refractivity contribution in [3.63, 3.8) is 0 Å². The Hall–Kier alpha value is -1.60. The van der Waals surface area contributed by atoms with Gasteiger partial charge in [0.1, 0.15) is 11.8 Å². The van der Waals surface area contributed by atoms with Crippen LogP contribution in [-0.4, -0.2) is 29.3 Å². The van der Waals surface area contributed by atoms with E-state index >= 15 is 0 Å². The van der Waals surface area contributed by atoms with Crippen LogP contribution < -0.4 is 4.90 Å². The fourth-order valence-electron chi connectivity index (χ4n) is 2.44. The van der Waals surface area contributed by atoms with Crippen molar-refractivity contribution in [2.75, 3.05) is 18.5 Å². The molecular weight excluding hydrogens is 214 g/mol. The molecule has 0 bridgehead atoms. The zero-order chi connectivity index (χ0) is 12.3. The van der Waals surface area contributed by atoms with E-state index in [1.165, 1.54) is 0 Å². The largest absolute Gasteiger partial charge is 0.388 e. The first-order valence-electron chi connectivity index (χ1n) is 5.93. The van der Waals surface area contributed by atoms with Gasteiger partial charge in [0.25, 0.3) is 0 Å². The Morgan fingerprint density at radius 3 is 2.88 bits per heavy atom. The number of aliphatic hydroxyl groups is 1. The third-order valence-electron chi connectivity index (χ3n) is 3.36. The minimum atomic E-state index is -0.565. The maximum atomic E-state index is 10.3. The molecule has 0 spiro atoms. The summed E-state index contributed by atoms with van der Waals surface area (Å²) in [5, 5.41) is 19.1. The van der Waals surface area contributed by atoms with Crippen LogP contribution in [0.1, 0.15) is 31.4 Å². The summed E-state index contributed by atoms with van der Waals surface area (Å²) in [5.41, 5.74) is 0.773. The maximum absolute atomic E-state index is 10.3. The van der Waals surface area contributed by atoms with Gasteiger partial charge in [-0.15, -0.1) is 0 Å². The van der Waals surface area contributed by atoms with Gasteiger partial charge in [-0.2, -0.15) is 5.26 Å². The van der Waals surface area contributed by atoms with Crippen molar-refractivity contribution in [2.24, 2.45) is 0 Å². The van der Waals surface area contributed by atoms with E-state index < -0.39 is 5.60 Å². The van der Waals surface area contributed by atoms with E-state index in [9.17, 15) is 5.11 Å². The van der Waals surface area contributed by atoms with Crippen LogP contribution in [0, 0.1) is 11.3 Å². The lowest BCUT2D eigenvalue weighted by molar-refractivity contribution is 0.0559.